The molecule has 7 heteroatoms. The molecule has 136 valence electrons. The van der Waals surface area contributed by atoms with Gasteiger partial charge in [-0.2, -0.15) is 0 Å². The molecule has 7 nitrogen and oxygen atoms in total. The predicted octanol–water partition coefficient (Wildman–Crippen LogP) is 1.12. The molecule has 0 aromatic rings. The molecule has 24 heavy (non-hydrogen) atoms. The van der Waals surface area contributed by atoms with E-state index >= 15 is 0 Å². The summed E-state index contributed by atoms with van der Waals surface area (Å²) in [5.74, 6) is -0.364. The lowest BCUT2D eigenvalue weighted by molar-refractivity contribution is -0.127. The van der Waals surface area contributed by atoms with Crippen molar-refractivity contribution in [1.82, 2.24) is 15.5 Å². The molecule has 0 aliphatic carbocycles. The van der Waals surface area contributed by atoms with E-state index in [9.17, 15) is 19.2 Å². The van der Waals surface area contributed by atoms with Crippen molar-refractivity contribution < 1.29 is 19.2 Å². The van der Waals surface area contributed by atoms with Crippen molar-refractivity contribution in [1.29, 1.82) is 0 Å². The number of nitrogens with zero attached hydrogens (tertiary/aromatic N) is 1. The van der Waals surface area contributed by atoms with Gasteiger partial charge in [0.1, 0.15) is 17.6 Å². The van der Waals surface area contributed by atoms with Gasteiger partial charge in [0, 0.05) is 31.2 Å². The van der Waals surface area contributed by atoms with Crippen molar-refractivity contribution in [3.05, 3.63) is 0 Å². The highest BCUT2D eigenvalue weighted by Crippen LogP contribution is 2.12. The Hall–Kier alpha value is -1.76. The van der Waals surface area contributed by atoms with E-state index in [1.54, 1.807) is 0 Å². The Balaban J connectivity index is 2.35. The highest BCUT2D eigenvalue weighted by atomic mass is 16.2. The SMILES string of the molecule is CCN(CCC(=O)C(C)C)CCC(C)C(=O)C[C@@H]1NC(=O)NC1=O. The number of carbonyl (C=O) groups is 4. The van der Waals surface area contributed by atoms with Crippen LogP contribution < -0.4 is 10.6 Å². The van der Waals surface area contributed by atoms with Gasteiger partial charge in [0.2, 0.25) is 0 Å². The number of rotatable bonds is 11. The van der Waals surface area contributed by atoms with E-state index in [1.807, 2.05) is 27.7 Å². The highest BCUT2D eigenvalue weighted by Gasteiger charge is 2.32. The van der Waals surface area contributed by atoms with Gasteiger partial charge in [-0.1, -0.05) is 27.7 Å². The van der Waals surface area contributed by atoms with Gasteiger partial charge >= 0.3 is 6.03 Å². The summed E-state index contributed by atoms with van der Waals surface area (Å²) in [6.45, 7) is 9.93. The maximum absolute atomic E-state index is 12.2. The van der Waals surface area contributed by atoms with Crippen molar-refractivity contribution in [2.75, 3.05) is 19.6 Å². The Morgan fingerprint density at radius 3 is 2.29 bits per heavy atom. The molecule has 0 aromatic heterocycles. The second kappa shape index (κ2) is 9.52. The monoisotopic (exact) mass is 339 g/mol. The van der Waals surface area contributed by atoms with Gasteiger partial charge in [0.25, 0.3) is 5.91 Å². The number of imide groups is 1. The lowest BCUT2D eigenvalue weighted by atomic mass is 9.96. The van der Waals surface area contributed by atoms with Crippen LogP contribution in [0.5, 0.6) is 0 Å². The number of amides is 3. The Morgan fingerprint density at radius 1 is 1.12 bits per heavy atom. The van der Waals surface area contributed by atoms with Gasteiger partial charge < -0.3 is 10.2 Å². The second-order valence-corrected chi connectivity index (χ2v) is 6.68. The third-order valence-electron chi connectivity index (χ3n) is 4.46. The zero-order valence-corrected chi connectivity index (χ0v) is 15.1. The van der Waals surface area contributed by atoms with E-state index in [1.165, 1.54) is 0 Å². The van der Waals surface area contributed by atoms with Gasteiger partial charge in [0.15, 0.2) is 0 Å². The topological polar surface area (TPSA) is 95.6 Å². The smallest absolute Gasteiger partial charge is 0.322 e. The number of hydrogen-bond acceptors (Lipinski definition) is 5. The average Bonchev–Trinajstić information content (AvgIpc) is 2.84. The molecule has 1 aliphatic rings. The molecule has 1 saturated heterocycles. The van der Waals surface area contributed by atoms with E-state index < -0.39 is 18.0 Å². The van der Waals surface area contributed by atoms with E-state index in [2.05, 4.69) is 15.5 Å². The van der Waals surface area contributed by atoms with E-state index in [-0.39, 0.29) is 29.8 Å². The van der Waals surface area contributed by atoms with Crippen LogP contribution in [0.2, 0.25) is 0 Å². The Morgan fingerprint density at radius 2 is 1.79 bits per heavy atom. The summed E-state index contributed by atoms with van der Waals surface area (Å²) in [7, 11) is 0. The summed E-state index contributed by atoms with van der Waals surface area (Å²) in [6, 6.07) is -1.30. The first-order valence-corrected chi connectivity index (χ1v) is 8.63. The largest absolute Gasteiger partial charge is 0.326 e. The molecule has 0 bridgehead atoms. The quantitative estimate of drug-likeness (QED) is 0.550. The first kappa shape index (κ1) is 20.3. The number of urea groups is 1. The van der Waals surface area contributed by atoms with Crippen LogP contribution in [0.4, 0.5) is 4.79 Å². The van der Waals surface area contributed by atoms with Crippen LogP contribution in [0.3, 0.4) is 0 Å². The molecule has 1 unspecified atom stereocenters. The molecular weight excluding hydrogens is 310 g/mol. The highest BCUT2D eigenvalue weighted by molar-refractivity contribution is 6.06. The fourth-order valence-electron chi connectivity index (χ4n) is 2.53. The van der Waals surface area contributed by atoms with Crippen molar-refractivity contribution in [2.24, 2.45) is 11.8 Å². The maximum Gasteiger partial charge on any atom is 0.322 e. The summed E-state index contributed by atoms with van der Waals surface area (Å²) < 4.78 is 0. The summed E-state index contributed by atoms with van der Waals surface area (Å²) in [4.78, 5) is 48.6. The predicted molar refractivity (Wildman–Crippen MR) is 90.4 cm³/mol. The minimum atomic E-state index is -0.751. The van der Waals surface area contributed by atoms with E-state index in [0.29, 0.717) is 19.4 Å². The molecule has 0 radical (unpaired) electrons. The molecule has 1 heterocycles. The van der Waals surface area contributed by atoms with Crippen LogP contribution in [0.25, 0.3) is 0 Å². The summed E-state index contributed by atoms with van der Waals surface area (Å²) >= 11 is 0. The molecule has 0 spiro atoms. The van der Waals surface area contributed by atoms with Crippen molar-refractivity contribution in [3.63, 3.8) is 0 Å². The second-order valence-electron chi connectivity index (χ2n) is 6.68. The fraction of sp³-hybridized carbons (Fsp3) is 0.765. The lowest BCUT2D eigenvalue weighted by Crippen LogP contribution is -2.34. The number of nitrogens with one attached hydrogen (secondary N) is 2. The fourth-order valence-corrected chi connectivity index (χ4v) is 2.53. The van der Waals surface area contributed by atoms with Gasteiger partial charge in [-0.15, -0.1) is 0 Å². The summed E-state index contributed by atoms with van der Waals surface area (Å²) in [6.07, 6.45) is 1.23. The number of ketones is 2. The molecule has 3 amide bonds. The standard InChI is InChI=1S/C17H29N3O4/c1-5-20(9-7-14(21)11(2)3)8-6-12(4)15(22)10-13-16(23)19-17(24)18-13/h11-13H,5-10H2,1-4H3,(H2,18,19,23,24)/t12?,13-/m0/s1. The third kappa shape index (κ3) is 6.39. The van der Waals surface area contributed by atoms with Crippen LogP contribution in [-0.2, 0) is 14.4 Å². The van der Waals surface area contributed by atoms with Crippen LogP contribution >= 0.6 is 0 Å². The molecule has 1 aliphatic heterocycles. The average molecular weight is 339 g/mol. The first-order chi connectivity index (χ1) is 11.2. The summed E-state index contributed by atoms with van der Waals surface area (Å²) in [5.41, 5.74) is 0. The Labute approximate surface area is 143 Å². The van der Waals surface area contributed by atoms with Crippen LogP contribution in [0.1, 0.15) is 47.0 Å². The molecular formula is C17H29N3O4. The molecule has 1 fully saturated rings. The zero-order valence-electron chi connectivity index (χ0n) is 15.1. The normalized spacial score (nSPS) is 18.7. The molecule has 2 atom stereocenters. The molecule has 0 aromatic carbocycles. The van der Waals surface area contributed by atoms with E-state index in [0.717, 1.165) is 13.1 Å². The zero-order chi connectivity index (χ0) is 18.3. The molecule has 0 saturated carbocycles. The van der Waals surface area contributed by atoms with Crippen molar-refractivity contribution in [3.8, 4) is 0 Å². The lowest BCUT2D eigenvalue weighted by Gasteiger charge is -2.22. The number of carbonyl (C=O) groups excluding carboxylic acids is 4. The molecule has 2 N–H and O–H groups in total. The number of hydrogen-bond donors (Lipinski definition) is 2. The Kier molecular flexibility index (Phi) is 8.04. The van der Waals surface area contributed by atoms with E-state index in [4.69, 9.17) is 0 Å². The van der Waals surface area contributed by atoms with Gasteiger partial charge in [-0.25, -0.2) is 4.79 Å². The van der Waals surface area contributed by atoms with Gasteiger partial charge in [-0.3, -0.25) is 19.7 Å². The third-order valence-corrected chi connectivity index (χ3v) is 4.46. The molecule has 1 rings (SSSR count). The first-order valence-electron chi connectivity index (χ1n) is 8.63. The van der Waals surface area contributed by atoms with Crippen molar-refractivity contribution >= 4 is 23.5 Å². The minimum Gasteiger partial charge on any atom is -0.326 e. The number of Topliss-reactive ketones (excluding diaryl/α,β-unsaturated/α-hetero) is 2. The van der Waals surface area contributed by atoms with Crippen LogP contribution in [0.15, 0.2) is 0 Å². The van der Waals surface area contributed by atoms with Gasteiger partial charge in [-0.05, 0) is 19.5 Å². The minimum absolute atomic E-state index is 0.0245. The van der Waals surface area contributed by atoms with Gasteiger partial charge in [0.05, 0.1) is 0 Å². The van der Waals surface area contributed by atoms with Crippen LogP contribution in [0, 0.1) is 11.8 Å². The summed E-state index contributed by atoms with van der Waals surface area (Å²) in [5, 5.41) is 4.57. The Bertz CT molecular complexity index is 490. The van der Waals surface area contributed by atoms with Crippen molar-refractivity contribution in [2.45, 2.75) is 53.0 Å². The maximum atomic E-state index is 12.2. The van der Waals surface area contributed by atoms with Crippen LogP contribution in [-0.4, -0.2) is 54.1 Å².